The number of hydrogen-bond donors (Lipinski definition) is 1. The molecule has 1 aromatic heterocycles. The summed E-state index contributed by atoms with van der Waals surface area (Å²) in [6.07, 6.45) is 8.21. The summed E-state index contributed by atoms with van der Waals surface area (Å²) >= 11 is 0. The van der Waals surface area contributed by atoms with Gasteiger partial charge in [0.1, 0.15) is 0 Å². The van der Waals surface area contributed by atoms with Crippen molar-refractivity contribution in [3.63, 3.8) is 0 Å². The standard InChI is InChI=1S/C28H38FN3O3/c1-6-10-22(33)14-17(3)23-12-9-8-11-20(23)13-18(4)26(34)24-15-21(16-30-25(24)7-2)28-32-31-27(35-28)19(5)29/h14-16,19-20,23,27,31H,4,6-13H2,1-3,5H3/b17-14-/t19?,20?,23-,27?/m0/s1. The molecule has 0 bridgehead atoms. The zero-order valence-electron chi connectivity index (χ0n) is 21.4. The van der Waals surface area contributed by atoms with Gasteiger partial charge in [0.15, 0.2) is 17.7 Å². The molecule has 0 spiro atoms. The smallest absolute Gasteiger partial charge is 0.241 e. The second-order valence-corrected chi connectivity index (χ2v) is 9.73. The predicted molar refractivity (Wildman–Crippen MR) is 136 cm³/mol. The third-order valence-electron chi connectivity index (χ3n) is 6.95. The summed E-state index contributed by atoms with van der Waals surface area (Å²) < 4.78 is 19.1. The van der Waals surface area contributed by atoms with Crippen LogP contribution in [0.2, 0.25) is 0 Å². The number of Topliss-reactive ketones (excluding diaryl/α,β-unsaturated/α-hetero) is 1. The van der Waals surface area contributed by atoms with E-state index in [0.29, 0.717) is 41.7 Å². The van der Waals surface area contributed by atoms with Crippen molar-refractivity contribution in [2.45, 2.75) is 91.5 Å². The Labute approximate surface area is 208 Å². The highest BCUT2D eigenvalue weighted by Gasteiger charge is 2.30. The van der Waals surface area contributed by atoms with E-state index in [4.69, 9.17) is 4.74 Å². The summed E-state index contributed by atoms with van der Waals surface area (Å²) in [5, 5.41) is 4.07. The Kier molecular flexibility index (Phi) is 9.35. The van der Waals surface area contributed by atoms with E-state index in [0.717, 1.165) is 37.7 Å². The highest BCUT2D eigenvalue weighted by molar-refractivity contribution is 6.10. The number of carbonyl (C=O) groups is 2. The molecular weight excluding hydrogens is 445 g/mol. The zero-order chi connectivity index (χ0) is 25.5. The Morgan fingerprint density at radius 2 is 2.06 bits per heavy atom. The average Bonchev–Trinajstić information content (AvgIpc) is 3.34. The molecule has 190 valence electrons. The maximum absolute atomic E-state index is 13.6. The first kappa shape index (κ1) is 26.8. The fourth-order valence-electron chi connectivity index (χ4n) is 5.04. The van der Waals surface area contributed by atoms with Crippen LogP contribution in [0.15, 0.2) is 41.2 Å². The van der Waals surface area contributed by atoms with Gasteiger partial charge in [-0.25, -0.2) is 4.39 Å². The number of rotatable bonds is 11. The molecule has 1 aliphatic carbocycles. The molecule has 0 saturated heterocycles. The molecule has 7 heteroatoms. The molecule has 1 fully saturated rings. The fourth-order valence-corrected chi connectivity index (χ4v) is 5.04. The predicted octanol–water partition coefficient (Wildman–Crippen LogP) is 5.86. The Hall–Kier alpha value is -2.83. The number of halogens is 1. The molecule has 1 aliphatic heterocycles. The molecule has 35 heavy (non-hydrogen) atoms. The van der Waals surface area contributed by atoms with Crippen molar-refractivity contribution in [3.8, 4) is 0 Å². The number of allylic oxidation sites excluding steroid dienone is 3. The van der Waals surface area contributed by atoms with Crippen molar-refractivity contribution in [2.24, 2.45) is 16.9 Å². The van der Waals surface area contributed by atoms with E-state index in [2.05, 4.69) is 22.1 Å². The van der Waals surface area contributed by atoms with Crippen LogP contribution in [-0.2, 0) is 16.0 Å². The van der Waals surface area contributed by atoms with Gasteiger partial charge in [0.25, 0.3) is 0 Å². The quantitative estimate of drug-likeness (QED) is 0.315. The van der Waals surface area contributed by atoms with E-state index < -0.39 is 12.4 Å². The van der Waals surface area contributed by atoms with Crippen LogP contribution in [0.5, 0.6) is 0 Å². The van der Waals surface area contributed by atoms with E-state index >= 15 is 0 Å². The maximum Gasteiger partial charge on any atom is 0.241 e. The minimum atomic E-state index is -1.24. The van der Waals surface area contributed by atoms with Crippen LogP contribution in [0.25, 0.3) is 0 Å². The topological polar surface area (TPSA) is 80.7 Å². The monoisotopic (exact) mass is 483 g/mol. The van der Waals surface area contributed by atoms with Crippen molar-refractivity contribution in [1.82, 2.24) is 10.4 Å². The van der Waals surface area contributed by atoms with E-state index in [9.17, 15) is 14.0 Å². The van der Waals surface area contributed by atoms with Gasteiger partial charge in [-0.05, 0) is 75.5 Å². The molecule has 0 aromatic carbocycles. The van der Waals surface area contributed by atoms with Crippen LogP contribution in [0.3, 0.4) is 0 Å². The second-order valence-electron chi connectivity index (χ2n) is 9.73. The van der Waals surface area contributed by atoms with Gasteiger partial charge in [-0.2, -0.15) is 0 Å². The highest BCUT2D eigenvalue weighted by atomic mass is 19.1. The van der Waals surface area contributed by atoms with Crippen LogP contribution in [0.1, 0.15) is 94.3 Å². The van der Waals surface area contributed by atoms with Crippen molar-refractivity contribution in [2.75, 3.05) is 0 Å². The second kappa shape index (κ2) is 12.2. The van der Waals surface area contributed by atoms with Gasteiger partial charge in [0.2, 0.25) is 12.1 Å². The summed E-state index contributed by atoms with van der Waals surface area (Å²) in [5.74, 6) is 0.836. The fraction of sp³-hybridized carbons (Fsp3) is 0.571. The Morgan fingerprint density at radius 1 is 1.31 bits per heavy atom. The summed E-state index contributed by atoms with van der Waals surface area (Å²) in [5.41, 5.74) is 5.98. The lowest BCUT2D eigenvalue weighted by Gasteiger charge is -2.33. The van der Waals surface area contributed by atoms with Crippen molar-refractivity contribution in [1.29, 1.82) is 0 Å². The van der Waals surface area contributed by atoms with Crippen molar-refractivity contribution >= 4 is 17.5 Å². The Balaban J connectivity index is 1.77. The molecule has 3 rings (SSSR count). The number of ether oxygens (including phenoxy) is 1. The summed E-state index contributed by atoms with van der Waals surface area (Å²) in [6, 6.07) is 1.72. The molecule has 0 amide bonds. The molecule has 1 saturated carbocycles. The summed E-state index contributed by atoms with van der Waals surface area (Å²) in [4.78, 5) is 30.2. The average molecular weight is 484 g/mol. The van der Waals surface area contributed by atoms with Crippen molar-refractivity contribution < 1.29 is 18.7 Å². The van der Waals surface area contributed by atoms with E-state index in [-0.39, 0.29) is 29.3 Å². The zero-order valence-corrected chi connectivity index (χ0v) is 21.4. The third-order valence-corrected chi connectivity index (χ3v) is 6.95. The number of carbonyl (C=O) groups excluding carboxylic acids is 2. The van der Waals surface area contributed by atoms with Gasteiger partial charge in [-0.1, -0.05) is 38.8 Å². The number of alkyl halides is 1. The first-order valence-corrected chi connectivity index (χ1v) is 12.8. The minimum Gasteiger partial charge on any atom is -0.448 e. The first-order chi connectivity index (χ1) is 16.7. The SMILES string of the molecule is C=C(CC1CCCC[C@H]1/C(C)=C\C(=O)CCC)C(=O)c1cc(C2=NNC(C(C)F)O2)cnc1CC. The van der Waals surface area contributed by atoms with Crippen LogP contribution in [0, 0.1) is 11.8 Å². The first-order valence-electron chi connectivity index (χ1n) is 12.8. The molecule has 1 N–H and O–H groups in total. The Bertz CT molecular complexity index is 1010. The number of nitrogens with one attached hydrogen (secondary N) is 1. The van der Waals surface area contributed by atoms with E-state index in [1.165, 1.54) is 6.92 Å². The number of aromatic nitrogens is 1. The number of aryl methyl sites for hydroxylation is 1. The molecular formula is C28H38FN3O3. The molecule has 1 aromatic rings. The van der Waals surface area contributed by atoms with Crippen LogP contribution < -0.4 is 5.43 Å². The molecule has 0 radical (unpaired) electrons. The van der Waals surface area contributed by atoms with Crippen LogP contribution >= 0.6 is 0 Å². The molecule has 3 unspecified atom stereocenters. The number of ketones is 2. The number of hydrazone groups is 1. The summed E-state index contributed by atoms with van der Waals surface area (Å²) in [7, 11) is 0. The van der Waals surface area contributed by atoms with Gasteiger partial charge in [-0.15, -0.1) is 5.10 Å². The number of pyridine rings is 1. The Morgan fingerprint density at radius 3 is 2.71 bits per heavy atom. The van der Waals surface area contributed by atoms with Gasteiger partial charge >= 0.3 is 0 Å². The lowest BCUT2D eigenvalue weighted by Crippen LogP contribution is -2.30. The molecule has 6 nitrogen and oxygen atoms in total. The van der Waals surface area contributed by atoms with Gasteiger partial charge in [0, 0.05) is 18.2 Å². The van der Waals surface area contributed by atoms with Crippen molar-refractivity contribution in [3.05, 3.63) is 52.9 Å². The number of nitrogens with zero attached hydrogens (tertiary/aromatic N) is 2. The lowest BCUT2D eigenvalue weighted by atomic mass is 9.72. The molecule has 2 heterocycles. The third kappa shape index (κ3) is 6.65. The maximum atomic E-state index is 13.6. The van der Waals surface area contributed by atoms with Crippen LogP contribution in [-0.4, -0.2) is 34.8 Å². The van der Waals surface area contributed by atoms with Gasteiger partial charge < -0.3 is 4.74 Å². The summed E-state index contributed by atoms with van der Waals surface area (Å²) in [6.45, 7) is 11.6. The molecule has 2 aliphatic rings. The van der Waals surface area contributed by atoms with E-state index in [1.807, 2.05) is 26.8 Å². The van der Waals surface area contributed by atoms with Gasteiger partial charge in [0.05, 0.1) is 11.3 Å². The lowest BCUT2D eigenvalue weighted by molar-refractivity contribution is -0.114. The minimum absolute atomic E-state index is 0.133. The molecule has 4 atom stereocenters. The normalized spacial score (nSPS) is 23.2. The van der Waals surface area contributed by atoms with Crippen LogP contribution in [0.4, 0.5) is 4.39 Å². The largest absolute Gasteiger partial charge is 0.448 e. The number of hydrogen-bond acceptors (Lipinski definition) is 6. The van der Waals surface area contributed by atoms with Gasteiger partial charge in [-0.3, -0.25) is 20.0 Å². The highest BCUT2D eigenvalue weighted by Crippen LogP contribution is 2.39. The van der Waals surface area contributed by atoms with E-state index in [1.54, 1.807) is 12.3 Å².